The molecule has 0 unspecified atom stereocenters. The predicted molar refractivity (Wildman–Crippen MR) is 151 cm³/mol. The molecular formula is C31H31F2NaO5S. The van der Waals surface area contributed by atoms with Crippen molar-refractivity contribution >= 4 is 31.7 Å². The molecule has 0 aliphatic carbocycles. The van der Waals surface area contributed by atoms with E-state index in [2.05, 4.69) is 4.18 Å². The summed E-state index contributed by atoms with van der Waals surface area (Å²) in [7, 11) is -3.76. The third-order valence-electron chi connectivity index (χ3n) is 5.14. The topological polar surface area (TPSA) is 75.7 Å². The number of hydrogen-bond donors (Lipinski definition) is 0. The van der Waals surface area contributed by atoms with Gasteiger partial charge in [0.2, 0.25) is 0 Å². The van der Waals surface area contributed by atoms with E-state index in [9.17, 15) is 22.3 Å². The van der Waals surface area contributed by atoms with Gasteiger partial charge in [-0.1, -0.05) is 98.4 Å². The Kier molecular flexibility index (Phi) is 16.1. The van der Waals surface area contributed by atoms with E-state index in [-0.39, 0.29) is 54.2 Å². The number of hydrogen-bond acceptors (Lipinski definition) is 5. The van der Waals surface area contributed by atoms with Gasteiger partial charge < -0.3 is 9.84 Å². The van der Waals surface area contributed by atoms with Crippen LogP contribution in [-0.4, -0.2) is 35.0 Å². The summed E-state index contributed by atoms with van der Waals surface area (Å²) in [6, 6.07) is 34.3. The number of fused-ring (bicyclic) bond motifs is 2. The number of rotatable bonds is 7. The molecule has 0 spiro atoms. The zero-order valence-electron chi connectivity index (χ0n) is 21.5. The maximum Gasteiger partial charge on any atom is 1.00 e. The number of halogens is 2. The van der Waals surface area contributed by atoms with Gasteiger partial charge >= 0.3 is 29.6 Å². The number of alkyl halides is 2. The fraction of sp³-hybridized carbons (Fsp3) is 0.161. The minimum atomic E-state index is -3.76. The summed E-state index contributed by atoms with van der Waals surface area (Å²) in [6.07, 6.45) is 0. The fourth-order valence-corrected chi connectivity index (χ4v) is 4.29. The monoisotopic (exact) mass is 576 g/mol. The van der Waals surface area contributed by atoms with E-state index in [1.54, 1.807) is 30.3 Å². The van der Waals surface area contributed by atoms with Crippen LogP contribution in [0.4, 0.5) is 8.78 Å². The minimum absolute atomic E-state index is 0. The van der Waals surface area contributed by atoms with Crippen molar-refractivity contribution in [2.24, 2.45) is 0 Å². The van der Waals surface area contributed by atoms with Crippen LogP contribution in [0.25, 0.3) is 21.5 Å². The molecule has 0 saturated heterocycles. The molecule has 5 rings (SSSR count). The van der Waals surface area contributed by atoms with Crippen molar-refractivity contribution in [3.63, 3.8) is 0 Å². The van der Waals surface area contributed by atoms with Crippen molar-refractivity contribution in [3.8, 4) is 11.5 Å². The van der Waals surface area contributed by atoms with Gasteiger partial charge in [0.1, 0.15) is 25.7 Å². The summed E-state index contributed by atoms with van der Waals surface area (Å²) in [5.41, 5.74) is 0. The fourth-order valence-electron chi connectivity index (χ4n) is 3.38. The molecule has 40 heavy (non-hydrogen) atoms. The van der Waals surface area contributed by atoms with Crippen LogP contribution in [-0.2, 0) is 14.3 Å². The molecule has 0 aliphatic heterocycles. The average molecular weight is 577 g/mol. The molecule has 5 nitrogen and oxygen atoms in total. The van der Waals surface area contributed by atoms with Crippen molar-refractivity contribution in [2.45, 2.75) is 12.3 Å². The number of ether oxygens (including phenoxy) is 1. The van der Waals surface area contributed by atoms with E-state index < -0.39 is 30.1 Å². The maximum atomic E-state index is 11.9. The summed E-state index contributed by atoms with van der Waals surface area (Å²) in [6.45, 7) is -1.57. The standard InChI is InChI=1S/C12H11FO.C10H8O.C8H9FO3S.CH4.Na/c13-7-8-14-12-6-5-10-3-1-2-4-11(10)9-12;11-10-6-5-8-3-1-2-4-9(8)7-10;9-6-7-12-13(10,11)8-4-2-1-3-5-8;;/h1-6,9H,7-8H2;1-7,11H;1-5H,6-7H2;1H4;/q;;;;+1/p-1. The first-order valence-electron chi connectivity index (χ1n) is 11.8. The zero-order valence-corrected chi connectivity index (χ0v) is 24.3. The van der Waals surface area contributed by atoms with Gasteiger partial charge in [-0.25, -0.2) is 8.78 Å². The third kappa shape index (κ3) is 11.2. The summed E-state index contributed by atoms with van der Waals surface area (Å²) in [4.78, 5) is 0.0449. The van der Waals surface area contributed by atoms with Crippen LogP contribution in [0.3, 0.4) is 0 Å². The first-order chi connectivity index (χ1) is 18.4. The van der Waals surface area contributed by atoms with Gasteiger partial charge in [-0.3, -0.25) is 4.18 Å². The van der Waals surface area contributed by atoms with Crippen LogP contribution in [0.15, 0.2) is 120 Å². The van der Waals surface area contributed by atoms with Gasteiger partial charge in [-0.2, -0.15) is 8.42 Å². The molecule has 206 valence electrons. The van der Waals surface area contributed by atoms with Gasteiger partial charge in [-0.05, 0) is 45.8 Å². The largest absolute Gasteiger partial charge is 1.00 e. The second-order valence-corrected chi connectivity index (χ2v) is 9.45. The van der Waals surface area contributed by atoms with Gasteiger partial charge in [0.25, 0.3) is 10.1 Å². The average Bonchev–Trinajstić information content (AvgIpc) is 2.96. The molecule has 5 aromatic rings. The molecule has 0 atom stereocenters. The van der Waals surface area contributed by atoms with Gasteiger partial charge in [-0.15, -0.1) is 5.75 Å². The first kappa shape index (κ1) is 35.0. The molecule has 0 aromatic heterocycles. The van der Waals surface area contributed by atoms with Crippen molar-refractivity contribution in [2.75, 3.05) is 26.6 Å². The van der Waals surface area contributed by atoms with Crippen LogP contribution < -0.4 is 39.4 Å². The van der Waals surface area contributed by atoms with Crippen molar-refractivity contribution in [3.05, 3.63) is 115 Å². The van der Waals surface area contributed by atoms with Crippen molar-refractivity contribution in [1.29, 1.82) is 0 Å². The summed E-state index contributed by atoms with van der Waals surface area (Å²) in [5.74, 6) is 0.796. The summed E-state index contributed by atoms with van der Waals surface area (Å²) in [5, 5.41) is 15.3. The van der Waals surface area contributed by atoms with E-state index in [1.807, 2.05) is 72.8 Å². The normalized spacial score (nSPS) is 10.2. The quantitative estimate of drug-likeness (QED) is 0.216. The molecular weight excluding hydrogens is 545 g/mol. The van der Waals surface area contributed by atoms with Crippen LogP contribution in [0.1, 0.15) is 7.43 Å². The molecule has 0 radical (unpaired) electrons. The Morgan fingerprint density at radius 3 is 1.70 bits per heavy atom. The third-order valence-corrected chi connectivity index (χ3v) is 6.46. The summed E-state index contributed by atoms with van der Waals surface area (Å²) < 4.78 is 55.5. The van der Waals surface area contributed by atoms with Crippen LogP contribution >= 0.6 is 0 Å². The molecule has 0 amide bonds. The molecule has 0 bridgehead atoms. The Bertz CT molecular complexity index is 1530. The smallest absolute Gasteiger partial charge is 0.872 e. The second kappa shape index (κ2) is 18.4. The molecule has 9 heteroatoms. The Morgan fingerprint density at radius 2 is 1.12 bits per heavy atom. The Morgan fingerprint density at radius 1 is 0.625 bits per heavy atom. The zero-order chi connectivity index (χ0) is 27.2. The van der Waals surface area contributed by atoms with Gasteiger partial charge in [0.15, 0.2) is 0 Å². The second-order valence-electron chi connectivity index (χ2n) is 7.83. The maximum absolute atomic E-state index is 11.9. The molecule has 0 N–H and O–H groups in total. The Labute approximate surface area is 256 Å². The van der Waals surface area contributed by atoms with Gasteiger partial charge in [0.05, 0.1) is 11.5 Å². The van der Waals surface area contributed by atoms with E-state index in [1.165, 1.54) is 17.5 Å². The van der Waals surface area contributed by atoms with Crippen molar-refractivity contribution < 1.29 is 60.8 Å². The van der Waals surface area contributed by atoms with E-state index in [0.717, 1.165) is 21.9 Å². The first-order valence-corrected chi connectivity index (χ1v) is 13.2. The Balaban J connectivity index is 0.000000294. The minimum Gasteiger partial charge on any atom is -0.872 e. The van der Waals surface area contributed by atoms with E-state index in [0.29, 0.717) is 0 Å². The molecule has 0 heterocycles. The van der Waals surface area contributed by atoms with Crippen LogP contribution in [0, 0.1) is 0 Å². The van der Waals surface area contributed by atoms with Crippen LogP contribution in [0.5, 0.6) is 11.5 Å². The number of benzene rings is 5. The van der Waals surface area contributed by atoms with Crippen molar-refractivity contribution in [1.82, 2.24) is 0 Å². The molecule has 0 fully saturated rings. The van der Waals surface area contributed by atoms with Crippen LogP contribution in [0.2, 0.25) is 0 Å². The SMILES string of the molecule is C.FCCOc1ccc2ccccc2c1.O=S(=O)(OCCF)c1ccccc1.[Na+].[O-]c1ccc2ccccc2c1. The molecule has 5 aromatic carbocycles. The predicted octanol–water partition coefficient (Wildman–Crippen LogP) is 4.10. The molecule has 0 aliphatic rings. The Hall–Kier alpha value is -3.01. The summed E-state index contributed by atoms with van der Waals surface area (Å²) >= 11 is 0. The van der Waals surface area contributed by atoms with Gasteiger partial charge in [0, 0.05) is 0 Å². The van der Waals surface area contributed by atoms with E-state index >= 15 is 0 Å². The molecule has 0 saturated carbocycles. The van der Waals surface area contributed by atoms with E-state index in [4.69, 9.17) is 4.74 Å².